The van der Waals surface area contributed by atoms with Crippen LogP contribution in [0.4, 0.5) is 0 Å². The second-order valence-electron chi connectivity index (χ2n) is 7.25. The molecule has 0 saturated carbocycles. The molecule has 0 saturated heterocycles. The van der Waals surface area contributed by atoms with Crippen LogP contribution in [0.15, 0.2) is 48.5 Å². The van der Waals surface area contributed by atoms with Crippen LogP contribution < -0.4 is 5.32 Å². The summed E-state index contributed by atoms with van der Waals surface area (Å²) in [6.07, 6.45) is 8.63. The van der Waals surface area contributed by atoms with E-state index >= 15 is 0 Å². The van der Waals surface area contributed by atoms with E-state index in [0.717, 1.165) is 32.6 Å². The number of nitrogens with one attached hydrogen (secondary N) is 1. The lowest BCUT2D eigenvalue weighted by Crippen LogP contribution is -2.24. The minimum absolute atomic E-state index is 0.336. The van der Waals surface area contributed by atoms with E-state index in [1.807, 2.05) is 0 Å². The van der Waals surface area contributed by atoms with Crippen molar-refractivity contribution < 1.29 is 4.74 Å². The van der Waals surface area contributed by atoms with Crippen LogP contribution >= 0.6 is 0 Å². The molecule has 0 radical (unpaired) electrons. The van der Waals surface area contributed by atoms with Gasteiger partial charge in [0.25, 0.3) is 0 Å². The molecule has 1 aliphatic rings. The van der Waals surface area contributed by atoms with Crippen molar-refractivity contribution >= 4 is 0 Å². The zero-order valence-corrected chi connectivity index (χ0v) is 16.2. The number of aryl methyl sites for hydroxylation is 2. The quantitative estimate of drug-likeness (QED) is 0.575. The molecule has 2 aromatic carbocycles. The van der Waals surface area contributed by atoms with Crippen LogP contribution in [-0.2, 0) is 17.6 Å². The summed E-state index contributed by atoms with van der Waals surface area (Å²) in [5.41, 5.74) is 5.93. The zero-order chi connectivity index (χ0) is 18.0. The van der Waals surface area contributed by atoms with Crippen LogP contribution in [0.2, 0.25) is 0 Å². The average Bonchev–Trinajstić information content (AvgIpc) is 2.84. The van der Waals surface area contributed by atoms with Crippen LogP contribution in [0, 0.1) is 0 Å². The van der Waals surface area contributed by atoms with Crippen molar-refractivity contribution in [3.63, 3.8) is 0 Å². The zero-order valence-electron chi connectivity index (χ0n) is 16.2. The standard InChI is InChI=1S/C24H33NO/c1-2-26-19-11-5-3-4-10-18-25-24-22-14-8-6-12-20(22)16-17-21-13-7-9-15-23(21)24/h6-9,12-15,24-25H,2-5,10-11,16-19H2,1H3. The monoisotopic (exact) mass is 351 g/mol. The maximum absolute atomic E-state index is 5.41. The molecular weight excluding hydrogens is 318 g/mol. The number of hydrogen-bond acceptors (Lipinski definition) is 2. The Labute approximate surface area is 159 Å². The van der Waals surface area contributed by atoms with Gasteiger partial charge in [0.15, 0.2) is 0 Å². The van der Waals surface area contributed by atoms with Crippen LogP contribution in [0.3, 0.4) is 0 Å². The second-order valence-corrected chi connectivity index (χ2v) is 7.25. The lowest BCUT2D eigenvalue weighted by molar-refractivity contribution is 0.143. The molecule has 1 N–H and O–H groups in total. The minimum Gasteiger partial charge on any atom is -0.382 e. The van der Waals surface area contributed by atoms with E-state index in [9.17, 15) is 0 Å². The smallest absolute Gasteiger partial charge is 0.0582 e. The number of rotatable bonds is 10. The Morgan fingerprint density at radius 2 is 1.38 bits per heavy atom. The fourth-order valence-electron chi connectivity index (χ4n) is 3.99. The molecule has 0 spiro atoms. The molecule has 2 aromatic rings. The third kappa shape index (κ3) is 5.18. The molecule has 0 unspecified atom stereocenters. The van der Waals surface area contributed by atoms with E-state index < -0.39 is 0 Å². The van der Waals surface area contributed by atoms with Crippen LogP contribution in [0.25, 0.3) is 0 Å². The number of hydrogen-bond donors (Lipinski definition) is 1. The van der Waals surface area contributed by atoms with Gasteiger partial charge in [0, 0.05) is 13.2 Å². The number of unbranched alkanes of at least 4 members (excludes halogenated alkanes) is 4. The Morgan fingerprint density at radius 3 is 2.04 bits per heavy atom. The molecule has 0 atom stereocenters. The van der Waals surface area contributed by atoms with E-state index in [1.165, 1.54) is 54.4 Å². The molecule has 140 valence electrons. The van der Waals surface area contributed by atoms with Crippen molar-refractivity contribution in [3.05, 3.63) is 70.8 Å². The van der Waals surface area contributed by atoms with Gasteiger partial charge in [-0.1, -0.05) is 67.8 Å². The largest absolute Gasteiger partial charge is 0.382 e. The maximum Gasteiger partial charge on any atom is 0.0582 e. The molecule has 1 aliphatic carbocycles. The SMILES string of the molecule is CCOCCCCCCCNC1c2ccccc2CCc2ccccc21. The van der Waals surface area contributed by atoms with E-state index in [4.69, 9.17) is 4.74 Å². The second kappa shape index (κ2) is 10.5. The topological polar surface area (TPSA) is 21.3 Å². The summed E-state index contributed by atoms with van der Waals surface area (Å²) in [5, 5.41) is 3.86. The Hall–Kier alpha value is -1.64. The average molecular weight is 352 g/mol. The van der Waals surface area contributed by atoms with Crippen molar-refractivity contribution in [3.8, 4) is 0 Å². The van der Waals surface area contributed by atoms with Crippen molar-refractivity contribution in [1.29, 1.82) is 0 Å². The fraction of sp³-hybridized carbons (Fsp3) is 0.500. The molecule has 3 rings (SSSR count). The summed E-state index contributed by atoms with van der Waals surface area (Å²) in [6.45, 7) is 4.91. The van der Waals surface area contributed by atoms with E-state index in [1.54, 1.807) is 0 Å². The summed E-state index contributed by atoms with van der Waals surface area (Å²) < 4.78 is 5.41. The predicted molar refractivity (Wildman–Crippen MR) is 110 cm³/mol. The number of benzene rings is 2. The van der Waals surface area contributed by atoms with Gasteiger partial charge in [0.1, 0.15) is 0 Å². The van der Waals surface area contributed by atoms with E-state index in [0.29, 0.717) is 6.04 Å². The van der Waals surface area contributed by atoms with Crippen LogP contribution in [-0.4, -0.2) is 19.8 Å². The minimum atomic E-state index is 0.336. The summed E-state index contributed by atoms with van der Waals surface area (Å²) >= 11 is 0. The summed E-state index contributed by atoms with van der Waals surface area (Å²) in [5.74, 6) is 0. The lowest BCUT2D eigenvalue weighted by Gasteiger charge is -2.22. The first-order valence-corrected chi connectivity index (χ1v) is 10.4. The van der Waals surface area contributed by atoms with E-state index in [-0.39, 0.29) is 0 Å². The van der Waals surface area contributed by atoms with Gasteiger partial charge < -0.3 is 10.1 Å². The Morgan fingerprint density at radius 1 is 0.808 bits per heavy atom. The number of fused-ring (bicyclic) bond motifs is 2. The van der Waals surface area contributed by atoms with Gasteiger partial charge in [-0.05, 0) is 61.4 Å². The third-order valence-corrected chi connectivity index (χ3v) is 5.41. The van der Waals surface area contributed by atoms with Crippen molar-refractivity contribution in [1.82, 2.24) is 5.32 Å². The van der Waals surface area contributed by atoms with Gasteiger partial charge in [-0.25, -0.2) is 0 Å². The normalized spacial score (nSPS) is 13.9. The van der Waals surface area contributed by atoms with Crippen LogP contribution in [0.5, 0.6) is 0 Å². The molecule has 0 amide bonds. The Bertz CT molecular complexity index is 619. The highest BCUT2D eigenvalue weighted by molar-refractivity contribution is 5.44. The highest BCUT2D eigenvalue weighted by atomic mass is 16.5. The molecule has 0 heterocycles. The van der Waals surface area contributed by atoms with Gasteiger partial charge in [0.05, 0.1) is 6.04 Å². The molecule has 0 bridgehead atoms. The first-order chi connectivity index (χ1) is 12.9. The first-order valence-electron chi connectivity index (χ1n) is 10.4. The first kappa shape index (κ1) is 19.1. The highest BCUT2D eigenvalue weighted by Crippen LogP contribution is 2.32. The fourth-order valence-corrected chi connectivity index (χ4v) is 3.99. The van der Waals surface area contributed by atoms with Crippen molar-refractivity contribution in [2.24, 2.45) is 0 Å². The summed E-state index contributed by atoms with van der Waals surface area (Å²) in [7, 11) is 0. The maximum atomic E-state index is 5.41. The predicted octanol–water partition coefficient (Wildman–Crippen LogP) is 5.45. The van der Waals surface area contributed by atoms with Crippen LogP contribution in [0.1, 0.15) is 67.3 Å². The third-order valence-electron chi connectivity index (χ3n) is 5.41. The number of ether oxygens (including phenoxy) is 1. The van der Waals surface area contributed by atoms with Gasteiger partial charge in [-0.15, -0.1) is 0 Å². The molecule has 0 aliphatic heterocycles. The molecule has 26 heavy (non-hydrogen) atoms. The summed E-state index contributed by atoms with van der Waals surface area (Å²) in [4.78, 5) is 0. The van der Waals surface area contributed by atoms with Gasteiger partial charge in [0.2, 0.25) is 0 Å². The van der Waals surface area contributed by atoms with Crippen molar-refractivity contribution in [2.45, 2.75) is 57.9 Å². The molecule has 2 nitrogen and oxygen atoms in total. The Balaban J connectivity index is 1.54. The van der Waals surface area contributed by atoms with E-state index in [2.05, 4.69) is 60.8 Å². The van der Waals surface area contributed by atoms with Gasteiger partial charge >= 0.3 is 0 Å². The molecule has 0 aromatic heterocycles. The lowest BCUT2D eigenvalue weighted by atomic mass is 9.94. The van der Waals surface area contributed by atoms with Gasteiger partial charge in [-0.2, -0.15) is 0 Å². The Kier molecular flexibility index (Phi) is 7.72. The molecular formula is C24H33NO. The van der Waals surface area contributed by atoms with Crippen molar-refractivity contribution in [2.75, 3.05) is 19.8 Å². The summed E-state index contributed by atoms with van der Waals surface area (Å²) in [6, 6.07) is 18.3. The van der Waals surface area contributed by atoms with Gasteiger partial charge in [-0.3, -0.25) is 0 Å². The molecule has 2 heteroatoms. The molecule has 0 fully saturated rings. The highest BCUT2D eigenvalue weighted by Gasteiger charge is 2.22.